The van der Waals surface area contributed by atoms with Crippen LogP contribution in [0.3, 0.4) is 0 Å². The second-order valence-electron chi connectivity index (χ2n) is 6.22. The van der Waals surface area contributed by atoms with E-state index in [-0.39, 0.29) is 5.91 Å². The van der Waals surface area contributed by atoms with Crippen molar-refractivity contribution < 1.29 is 4.79 Å². The summed E-state index contributed by atoms with van der Waals surface area (Å²) in [6, 6.07) is 13.9. The second-order valence-corrected chi connectivity index (χ2v) is 6.22. The van der Waals surface area contributed by atoms with Gasteiger partial charge >= 0.3 is 0 Å². The third-order valence-corrected chi connectivity index (χ3v) is 4.25. The molecule has 1 heterocycles. The number of nitrogens with one attached hydrogen (secondary N) is 1. The van der Waals surface area contributed by atoms with E-state index in [0.717, 1.165) is 48.1 Å². The van der Waals surface area contributed by atoms with Gasteiger partial charge in [-0.15, -0.1) is 10.2 Å². The minimum atomic E-state index is 0.0512. The number of carbonyl (C=O) groups is 1. The van der Waals surface area contributed by atoms with Gasteiger partial charge in [0, 0.05) is 12.1 Å². The van der Waals surface area contributed by atoms with Gasteiger partial charge in [0.05, 0.1) is 5.69 Å². The van der Waals surface area contributed by atoms with Gasteiger partial charge in [-0.2, -0.15) is 4.80 Å². The molecule has 0 saturated heterocycles. The van der Waals surface area contributed by atoms with Gasteiger partial charge in [0.1, 0.15) is 11.0 Å². The molecule has 2 aromatic carbocycles. The molecule has 0 atom stereocenters. The van der Waals surface area contributed by atoms with Crippen LogP contribution in [-0.2, 0) is 11.2 Å². The largest absolute Gasteiger partial charge is 0.326 e. The molecule has 0 radical (unpaired) electrons. The van der Waals surface area contributed by atoms with Gasteiger partial charge in [0.15, 0.2) is 0 Å². The molecule has 130 valence electrons. The number of amides is 1. The van der Waals surface area contributed by atoms with E-state index in [4.69, 9.17) is 0 Å². The molecule has 3 rings (SSSR count). The molecule has 0 saturated carbocycles. The van der Waals surface area contributed by atoms with Crippen molar-refractivity contribution in [1.82, 2.24) is 15.0 Å². The van der Waals surface area contributed by atoms with Crippen molar-refractivity contribution in [3.63, 3.8) is 0 Å². The first kappa shape index (κ1) is 17.1. The molecule has 3 aromatic rings. The summed E-state index contributed by atoms with van der Waals surface area (Å²) in [6.45, 7) is 4.26. The maximum atomic E-state index is 12.0. The van der Waals surface area contributed by atoms with Crippen LogP contribution in [0.4, 0.5) is 5.69 Å². The second kappa shape index (κ2) is 7.92. The number of nitrogens with zero attached hydrogens (tertiary/aromatic N) is 3. The molecule has 5 heteroatoms. The summed E-state index contributed by atoms with van der Waals surface area (Å²) in [4.78, 5) is 13.6. The Balaban J connectivity index is 1.75. The number of hydrogen-bond acceptors (Lipinski definition) is 3. The fourth-order valence-electron chi connectivity index (χ4n) is 2.73. The highest BCUT2D eigenvalue weighted by Crippen LogP contribution is 2.18. The lowest BCUT2D eigenvalue weighted by Gasteiger charge is -2.04. The first-order valence-electron chi connectivity index (χ1n) is 8.96. The van der Waals surface area contributed by atoms with Crippen molar-refractivity contribution in [2.45, 2.75) is 46.0 Å². The molecule has 25 heavy (non-hydrogen) atoms. The summed E-state index contributed by atoms with van der Waals surface area (Å²) < 4.78 is 0. The number of carbonyl (C=O) groups excluding carboxylic acids is 1. The van der Waals surface area contributed by atoms with E-state index < -0.39 is 0 Å². The summed E-state index contributed by atoms with van der Waals surface area (Å²) in [5, 5.41) is 12.0. The number of fused-ring (bicyclic) bond motifs is 1. The molecule has 1 aromatic heterocycles. The predicted molar refractivity (Wildman–Crippen MR) is 101 cm³/mol. The smallest absolute Gasteiger partial charge is 0.224 e. The molecule has 0 aliphatic rings. The van der Waals surface area contributed by atoms with E-state index in [1.165, 1.54) is 5.56 Å². The zero-order valence-corrected chi connectivity index (χ0v) is 14.8. The zero-order chi connectivity index (χ0) is 17.6. The summed E-state index contributed by atoms with van der Waals surface area (Å²) >= 11 is 0. The molecular formula is C20H24N4O. The molecule has 1 amide bonds. The maximum Gasteiger partial charge on any atom is 0.224 e. The van der Waals surface area contributed by atoms with Crippen molar-refractivity contribution in [2.24, 2.45) is 0 Å². The van der Waals surface area contributed by atoms with E-state index in [1.807, 2.05) is 30.3 Å². The SMILES string of the molecule is CCCCCC(=O)Nc1ccc2nn(-c3ccc(CC)cc3)nc2c1. The van der Waals surface area contributed by atoms with E-state index in [0.29, 0.717) is 6.42 Å². The lowest BCUT2D eigenvalue weighted by Crippen LogP contribution is -2.10. The molecule has 0 aliphatic carbocycles. The number of benzene rings is 2. The molecule has 0 spiro atoms. The van der Waals surface area contributed by atoms with Gasteiger partial charge in [-0.25, -0.2) is 0 Å². The quantitative estimate of drug-likeness (QED) is 0.646. The summed E-state index contributed by atoms with van der Waals surface area (Å²) in [5.74, 6) is 0.0512. The van der Waals surface area contributed by atoms with E-state index in [9.17, 15) is 4.79 Å². The van der Waals surface area contributed by atoms with Crippen LogP contribution >= 0.6 is 0 Å². The standard InChI is InChI=1S/C20H24N4O/c1-3-5-6-7-20(25)21-16-10-13-18-19(14-16)23-24(22-18)17-11-8-15(4-2)9-12-17/h8-14H,3-7H2,1-2H3,(H,21,25). The topological polar surface area (TPSA) is 59.8 Å². The molecule has 5 nitrogen and oxygen atoms in total. The Hall–Kier alpha value is -2.69. The van der Waals surface area contributed by atoms with Crippen LogP contribution in [0.1, 0.15) is 45.1 Å². The van der Waals surface area contributed by atoms with Gasteiger partial charge in [0.2, 0.25) is 5.91 Å². The lowest BCUT2D eigenvalue weighted by atomic mass is 10.2. The minimum absolute atomic E-state index is 0.0512. The number of rotatable bonds is 7. The Morgan fingerprint density at radius 3 is 2.48 bits per heavy atom. The first-order chi connectivity index (χ1) is 12.2. The number of aryl methyl sites for hydroxylation is 1. The highest BCUT2D eigenvalue weighted by atomic mass is 16.1. The van der Waals surface area contributed by atoms with Crippen molar-refractivity contribution in [2.75, 3.05) is 5.32 Å². The summed E-state index contributed by atoms with van der Waals surface area (Å²) in [7, 11) is 0. The van der Waals surface area contributed by atoms with Crippen LogP contribution in [0.25, 0.3) is 16.7 Å². The van der Waals surface area contributed by atoms with Gasteiger partial charge in [-0.1, -0.05) is 38.8 Å². The Morgan fingerprint density at radius 2 is 1.76 bits per heavy atom. The first-order valence-corrected chi connectivity index (χ1v) is 8.96. The van der Waals surface area contributed by atoms with Crippen LogP contribution < -0.4 is 5.32 Å². The minimum Gasteiger partial charge on any atom is -0.326 e. The predicted octanol–water partition coefficient (Wildman–Crippen LogP) is 4.50. The van der Waals surface area contributed by atoms with Crippen LogP contribution in [-0.4, -0.2) is 20.9 Å². The molecule has 0 fully saturated rings. The van der Waals surface area contributed by atoms with Gasteiger partial charge < -0.3 is 5.32 Å². The highest BCUT2D eigenvalue weighted by Gasteiger charge is 2.08. The average Bonchev–Trinajstić information content (AvgIpc) is 3.05. The summed E-state index contributed by atoms with van der Waals surface area (Å²) in [5.41, 5.74) is 4.56. The van der Waals surface area contributed by atoms with Gasteiger partial charge in [-0.05, 0) is 48.7 Å². The molecule has 0 unspecified atom stereocenters. The van der Waals surface area contributed by atoms with Crippen molar-refractivity contribution in [1.29, 1.82) is 0 Å². The van der Waals surface area contributed by atoms with E-state index in [2.05, 4.69) is 41.5 Å². The Labute approximate surface area is 148 Å². The Bertz CT molecular complexity index is 852. The lowest BCUT2D eigenvalue weighted by molar-refractivity contribution is -0.116. The highest BCUT2D eigenvalue weighted by molar-refractivity contribution is 5.92. The maximum absolute atomic E-state index is 12.0. The van der Waals surface area contributed by atoms with Crippen LogP contribution in [0.2, 0.25) is 0 Å². The summed E-state index contributed by atoms with van der Waals surface area (Å²) in [6.07, 6.45) is 4.69. The van der Waals surface area contributed by atoms with Gasteiger partial charge in [-0.3, -0.25) is 4.79 Å². The van der Waals surface area contributed by atoms with Crippen molar-refractivity contribution >= 4 is 22.6 Å². The third-order valence-electron chi connectivity index (χ3n) is 4.25. The normalized spacial score (nSPS) is 11.0. The van der Waals surface area contributed by atoms with Crippen molar-refractivity contribution in [3.8, 4) is 5.69 Å². The van der Waals surface area contributed by atoms with Crippen LogP contribution in [0.15, 0.2) is 42.5 Å². The fourth-order valence-corrected chi connectivity index (χ4v) is 2.73. The molecule has 1 N–H and O–H groups in total. The Kier molecular flexibility index (Phi) is 5.43. The number of unbranched alkanes of at least 4 members (excludes halogenated alkanes) is 2. The van der Waals surface area contributed by atoms with Gasteiger partial charge in [0.25, 0.3) is 0 Å². The average molecular weight is 336 g/mol. The molecular weight excluding hydrogens is 312 g/mol. The Morgan fingerprint density at radius 1 is 1.00 bits per heavy atom. The van der Waals surface area contributed by atoms with Crippen LogP contribution in [0, 0.1) is 0 Å². The number of anilines is 1. The molecule has 0 aliphatic heterocycles. The number of aromatic nitrogens is 3. The monoisotopic (exact) mass is 336 g/mol. The number of hydrogen-bond donors (Lipinski definition) is 1. The molecule has 0 bridgehead atoms. The fraction of sp³-hybridized carbons (Fsp3) is 0.350. The van der Waals surface area contributed by atoms with E-state index >= 15 is 0 Å². The van der Waals surface area contributed by atoms with E-state index in [1.54, 1.807) is 4.80 Å². The third kappa shape index (κ3) is 4.24. The van der Waals surface area contributed by atoms with Crippen molar-refractivity contribution in [3.05, 3.63) is 48.0 Å². The zero-order valence-electron chi connectivity index (χ0n) is 14.8. The van der Waals surface area contributed by atoms with Crippen LogP contribution in [0.5, 0.6) is 0 Å².